The van der Waals surface area contributed by atoms with E-state index >= 15 is 0 Å². The van der Waals surface area contributed by atoms with Crippen LogP contribution in [0.15, 0.2) is 18.5 Å². The number of hydrogen-bond donors (Lipinski definition) is 1. The van der Waals surface area contributed by atoms with E-state index in [1.165, 1.54) is 31.2 Å². The maximum atomic E-state index is 6.01. The van der Waals surface area contributed by atoms with Crippen LogP contribution in [0.3, 0.4) is 0 Å². The van der Waals surface area contributed by atoms with E-state index in [9.17, 15) is 0 Å². The molecule has 1 spiro atoms. The summed E-state index contributed by atoms with van der Waals surface area (Å²) in [5.74, 6) is 0.647. The molecule has 1 aromatic heterocycles. The largest absolute Gasteiger partial charge is 0.375 e. The van der Waals surface area contributed by atoms with Gasteiger partial charge in [-0.15, -0.1) is 0 Å². The molecule has 2 heterocycles. The van der Waals surface area contributed by atoms with Gasteiger partial charge in [0.15, 0.2) is 0 Å². The van der Waals surface area contributed by atoms with Crippen LogP contribution in [0.25, 0.3) is 0 Å². The highest BCUT2D eigenvalue weighted by atomic mass is 16.5. The molecule has 1 saturated heterocycles. The molecule has 2 fully saturated rings. The van der Waals surface area contributed by atoms with Gasteiger partial charge in [0, 0.05) is 18.8 Å². The van der Waals surface area contributed by atoms with Crippen molar-refractivity contribution in [3.8, 4) is 0 Å². The van der Waals surface area contributed by atoms with Crippen molar-refractivity contribution in [1.29, 1.82) is 0 Å². The van der Waals surface area contributed by atoms with Gasteiger partial charge in [-0.05, 0) is 56.7 Å². The first-order valence-electron chi connectivity index (χ1n) is 6.91. The van der Waals surface area contributed by atoms with Crippen molar-refractivity contribution in [3.05, 3.63) is 24.0 Å². The van der Waals surface area contributed by atoms with E-state index in [0.717, 1.165) is 13.0 Å². The molecule has 0 amide bonds. The van der Waals surface area contributed by atoms with E-state index in [1.807, 2.05) is 13.2 Å². The molecule has 18 heavy (non-hydrogen) atoms. The third-order valence-electron chi connectivity index (χ3n) is 4.54. The van der Waals surface area contributed by atoms with Crippen molar-refractivity contribution >= 4 is 0 Å². The second-order valence-electron chi connectivity index (χ2n) is 5.58. The highest BCUT2D eigenvalue weighted by molar-refractivity contribution is 5.14. The van der Waals surface area contributed by atoms with Gasteiger partial charge < -0.3 is 10.1 Å². The molecule has 1 saturated carbocycles. The highest BCUT2D eigenvalue weighted by Gasteiger charge is 2.44. The van der Waals surface area contributed by atoms with Gasteiger partial charge >= 0.3 is 0 Å². The molecule has 1 N–H and O–H groups in total. The van der Waals surface area contributed by atoms with Crippen molar-refractivity contribution < 1.29 is 4.74 Å². The topological polar surface area (TPSA) is 47.0 Å². The molecule has 4 nitrogen and oxygen atoms in total. The Hall–Kier alpha value is -1.00. The molecule has 4 heteroatoms. The molecule has 2 atom stereocenters. The molecule has 2 unspecified atom stereocenters. The quantitative estimate of drug-likeness (QED) is 0.888. The van der Waals surface area contributed by atoms with Gasteiger partial charge in [0.25, 0.3) is 0 Å². The van der Waals surface area contributed by atoms with Crippen molar-refractivity contribution in [2.75, 3.05) is 13.7 Å². The van der Waals surface area contributed by atoms with Crippen molar-refractivity contribution in [1.82, 2.24) is 15.5 Å². The smallest absolute Gasteiger partial charge is 0.0686 e. The Morgan fingerprint density at radius 2 is 2.33 bits per heavy atom. The summed E-state index contributed by atoms with van der Waals surface area (Å²) in [5.41, 5.74) is 1.45. The summed E-state index contributed by atoms with van der Waals surface area (Å²) in [6.07, 6.45) is 9.79. The van der Waals surface area contributed by atoms with E-state index in [4.69, 9.17) is 4.74 Å². The first kappa shape index (κ1) is 12.1. The number of nitrogens with zero attached hydrogens (tertiary/aromatic N) is 2. The average Bonchev–Trinajstić information content (AvgIpc) is 2.39. The summed E-state index contributed by atoms with van der Waals surface area (Å²) in [5, 5.41) is 11.3. The van der Waals surface area contributed by atoms with Gasteiger partial charge in [-0.1, -0.05) is 0 Å². The third kappa shape index (κ3) is 2.15. The van der Waals surface area contributed by atoms with Crippen LogP contribution in [0.2, 0.25) is 0 Å². The normalized spacial score (nSPS) is 27.7. The molecular weight excluding hydrogens is 226 g/mol. The minimum absolute atomic E-state index is 0.207. The molecule has 0 radical (unpaired) electrons. The van der Waals surface area contributed by atoms with Crippen LogP contribution in [-0.4, -0.2) is 29.5 Å². The zero-order chi connectivity index (χ0) is 12.4. The van der Waals surface area contributed by atoms with Gasteiger partial charge in [0.1, 0.15) is 0 Å². The number of aromatic nitrogens is 2. The molecular formula is C14H21N3O. The van der Waals surface area contributed by atoms with Crippen LogP contribution < -0.4 is 5.32 Å². The van der Waals surface area contributed by atoms with Crippen LogP contribution in [0.4, 0.5) is 0 Å². The van der Waals surface area contributed by atoms with Crippen LogP contribution >= 0.6 is 0 Å². The molecule has 2 aliphatic rings. The van der Waals surface area contributed by atoms with E-state index in [2.05, 4.69) is 21.6 Å². The molecule has 98 valence electrons. The molecule has 1 aliphatic heterocycles. The van der Waals surface area contributed by atoms with Crippen molar-refractivity contribution in [3.63, 3.8) is 0 Å². The summed E-state index contributed by atoms with van der Waals surface area (Å²) < 4.78 is 6.01. The van der Waals surface area contributed by atoms with E-state index < -0.39 is 0 Å². The standard InChI is InChI=1S/C14H21N3O/c1-15-13(12-3-7-16-17-10-12)11-4-8-18-14(9-11)5-2-6-14/h3,7,10-11,13,15H,2,4-6,8-9H2,1H3. The lowest BCUT2D eigenvalue weighted by molar-refractivity contribution is -0.147. The van der Waals surface area contributed by atoms with Crippen LogP contribution in [-0.2, 0) is 4.74 Å². The minimum atomic E-state index is 0.207. The SMILES string of the molecule is CNC(c1ccnnc1)C1CCOC2(CCC2)C1. The zero-order valence-electron chi connectivity index (χ0n) is 10.9. The maximum Gasteiger partial charge on any atom is 0.0686 e. The summed E-state index contributed by atoms with van der Waals surface area (Å²) in [6.45, 7) is 0.904. The lowest BCUT2D eigenvalue weighted by Gasteiger charge is -2.48. The molecule has 0 bridgehead atoms. The summed E-state index contributed by atoms with van der Waals surface area (Å²) in [7, 11) is 2.04. The lowest BCUT2D eigenvalue weighted by atomic mass is 9.70. The predicted molar refractivity (Wildman–Crippen MR) is 69.1 cm³/mol. The summed E-state index contributed by atoms with van der Waals surface area (Å²) in [4.78, 5) is 0. The Morgan fingerprint density at radius 3 is 2.94 bits per heavy atom. The van der Waals surface area contributed by atoms with Gasteiger partial charge in [0.2, 0.25) is 0 Å². The molecule has 1 aromatic rings. The fourth-order valence-electron chi connectivity index (χ4n) is 3.43. The second-order valence-corrected chi connectivity index (χ2v) is 5.58. The van der Waals surface area contributed by atoms with Gasteiger partial charge in [-0.2, -0.15) is 10.2 Å². The molecule has 3 rings (SSSR count). The first-order chi connectivity index (χ1) is 8.83. The second kappa shape index (κ2) is 4.94. The Kier molecular flexibility index (Phi) is 3.31. The molecule has 0 aromatic carbocycles. The number of ether oxygens (including phenoxy) is 1. The molecule has 1 aliphatic carbocycles. The van der Waals surface area contributed by atoms with Crippen LogP contribution in [0, 0.1) is 5.92 Å². The van der Waals surface area contributed by atoms with Gasteiger partial charge in [-0.3, -0.25) is 0 Å². The summed E-state index contributed by atoms with van der Waals surface area (Å²) in [6, 6.07) is 2.44. The minimum Gasteiger partial charge on any atom is -0.375 e. The maximum absolute atomic E-state index is 6.01. The monoisotopic (exact) mass is 247 g/mol. The lowest BCUT2D eigenvalue weighted by Crippen LogP contribution is -2.47. The Labute approximate surface area is 108 Å². The Balaban J connectivity index is 1.75. The number of hydrogen-bond acceptors (Lipinski definition) is 4. The van der Waals surface area contributed by atoms with E-state index in [-0.39, 0.29) is 5.60 Å². The van der Waals surface area contributed by atoms with Crippen molar-refractivity contribution in [2.45, 2.75) is 43.7 Å². The van der Waals surface area contributed by atoms with E-state index in [0.29, 0.717) is 12.0 Å². The van der Waals surface area contributed by atoms with Crippen LogP contribution in [0.5, 0.6) is 0 Å². The number of rotatable bonds is 3. The summed E-state index contributed by atoms with van der Waals surface area (Å²) >= 11 is 0. The van der Waals surface area contributed by atoms with Crippen molar-refractivity contribution in [2.24, 2.45) is 5.92 Å². The van der Waals surface area contributed by atoms with Gasteiger partial charge in [0.05, 0.1) is 11.8 Å². The highest BCUT2D eigenvalue weighted by Crippen LogP contribution is 2.46. The number of nitrogens with one attached hydrogen (secondary N) is 1. The fourth-order valence-corrected chi connectivity index (χ4v) is 3.43. The Morgan fingerprint density at radius 1 is 1.44 bits per heavy atom. The first-order valence-corrected chi connectivity index (χ1v) is 6.91. The predicted octanol–water partition coefficient (Wildman–Crippen LogP) is 2.09. The third-order valence-corrected chi connectivity index (χ3v) is 4.54. The van der Waals surface area contributed by atoms with Gasteiger partial charge in [-0.25, -0.2) is 0 Å². The average molecular weight is 247 g/mol. The van der Waals surface area contributed by atoms with Crippen LogP contribution in [0.1, 0.15) is 43.7 Å². The van der Waals surface area contributed by atoms with E-state index in [1.54, 1.807) is 6.20 Å². The fraction of sp³-hybridized carbons (Fsp3) is 0.714. The zero-order valence-corrected chi connectivity index (χ0v) is 10.9. The Bertz CT molecular complexity index is 391.